The molecular weight excluding hydrogens is 445 g/mol. The van der Waals surface area contributed by atoms with E-state index >= 15 is 0 Å². The number of aliphatic hydroxyl groups excluding tert-OH is 1. The van der Waals surface area contributed by atoms with Gasteiger partial charge in [0.15, 0.2) is 0 Å². The van der Waals surface area contributed by atoms with Crippen LogP contribution in [0.2, 0.25) is 0 Å². The zero-order valence-electron chi connectivity index (χ0n) is 21.3. The minimum Gasteiger partial charge on any atom is -0.756 e. The third-order valence-electron chi connectivity index (χ3n) is 5.07. The molecule has 33 heavy (non-hydrogen) atoms. The highest BCUT2D eigenvalue weighted by atomic mass is 31.2. The van der Waals surface area contributed by atoms with E-state index in [1.165, 1.54) is 32.1 Å². The van der Waals surface area contributed by atoms with Crippen LogP contribution in [0.25, 0.3) is 0 Å². The summed E-state index contributed by atoms with van der Waals surface area (Å²) in [6.45, 7) is 1.73. The van der Waals surface area contributed by atoms with Gasteiger partial charge in [-0.1, -0.05) is 57.6 Å². The predicted octanol–water partition coefficient (Wildman–Crippen LogP) is 4.36. The molecule has 0 amide bonds. The van der Waals surface area contributed by atoms with Crippen LogP contribution in [0.5, 0.6) is 0 Å². The van der Waals surface area contributed by atoms with Crippen molar-refractivity contribution in [2.24, 2.45) is 0 Å². The van der Waals surface area contributed by atoms with Crippen molar-refractivity contribution >= 4 is 13.8 Å². The van der Waals surface area contributed by atoms with Gasteiger partial charge in [0.05, 0.1) is 34.4 Å². The summed E-state index contributed by atoms with van der Waals surface area (Å²) in [4.78, 5) is 23.7. The first-order valence-corrected chi connectivity index (χ1v) is 13.9. The lowest BCUT2D eigenvalue weighted by Crippen LogP contribution is -2.37. The van der Waals surface area contributed by atoms with Gasteiger partial charge < -0.3 is 28.3 Å². The number of nitrogens with zero attached hydrogens (tertiary/aromatic N) is 1. The smallest absolute Gasteiger partial charge is 0.306 e. The lowest BCUT2D eigenvalue weighted by Gasteiger charge is -2.28. The number of quaternary nitrogens is 1. The first-order valence-electron chi connectivity index (χ1n) is 12.5. The van der Waals surface area contributed by atoms with Gasteiger partial charge in [-0.2, -0.15) is 0 Å². The van der Waals surface area contributed by atoms with E-state index in [4.69, 9.17) is 13.8 Å². The SMILES string of the molecule is CCCCCC/C=C\CCCCCCCC(=O)O[C@@H](CO)COP(=O)([O-])OCC[N+](C)(C)C. The Morgan fingerprint density at radius 1 is 0.970 bits per heavy atom. The number of hydrogen-bond donors (Lipinski definition) is 1. The lowest BCUT2D eigenvalue weighted by atomic mass is 10.1. The van der Waals surface area contributed by atoms with Crippen LogP contribution in [0, 0.1) is 0 Å². The molecule has 0 aliphatic rings. The van der Waals surface area contributed by atoms with Crippen LogP contribution in [0.4, 0.5) is 0 Å². The molecule has 0 radical (unpaired) electrons. The molecule has 0 spiro atoms. The number of rotatable bonds is 22. The van der Waals surface area contributed by atoms with Gasteiger partial charge in [0.1, 0.15) is 19.3 Å². The minimum atomic E-state index is -4.51. The monoisotopic (exact) mass is 493 g/mol. The summed E-state index contributed by atoms with van der Waals surface area (Å²) < 4.78 is 27.0. The van der Waals surface area contributed by atoms with Gasteiger partial charge in [-0.25, -0.2) is 0 Å². The Kier molecular flexibility index (Phi) is 19.1. The molecular formula is C24H48NO7P. The quantitative estimate of drug-likeness (QED) is 0.0785. The van der Waals surface area contributed by atoms with Crippen molar-refractivity contribution in [3.8, 4) is 0 Å². The molecule has 0 heterocycles. The third-order valence-corrected chi connectivity index (χ3v) is 6.04. The van der Waals surface area contributed by atoms with Gasteiger partial charge >= 0.3 is 5.97 Å². The normalized spacial score (nSPS) is 15.0. The minimum absolute atomic E-state index is 0.0107. The number of aliphatic hydroxyl groups is 1. The zero-order chi connectivity index (χ0) is 25.0. The topological polar surface area (TPSA) is 105 Å². The van der Waals surface area contributed by atoms with E-state index in [9.17, 15) is 19.4 Å². The van der Waals surface area contributed by atoms with E-state index in [2.05, 4.69) is 19.1 Å². The van der Waals surface area contributed by atoms with Gasteiger partial charge in [-0.05, 0) is 32.1 Å². The van der Waals surface area contributed by atoms with Crippen molar-refractivity contribution in [3.63, 3.8) is 0 Å². The highest BCUT2D eigenvalue weighted by Crippen LogP contribution is 2.38. The molecule has 0 saturated heterocycles. The maximum absolute atomic E-state index is 11.9. The molecule has 2 atom stereocenters. The molecule has 0 bridgehead atoms. The van der Waals surface area contributed by atoms with Crippen molar-refractivity contribution < 1.29 is 37.6 Å². The first kappa shape index (κ1) is 32.2. The van der Waals surface area contributed by atoms with Gasteiger partial charge in [0.2, 0.25) is 0 Å². The Labute approximate surface area is 201 Å². The van der Waals surface area contributed by atoms with Crippen LogP contribution in [-0.4, -0.2) is 69.2 Å². The standard InChI is InChI=1S/C24H48NO7P/c1-5-6-7-8-9-10-11-12-13-14-15-16-17-18-24(27)32-23(21-26)22-31-33(28,29)30-20-19-25(2,3)4/h10-11,23,26H,5-9,12-22H2,1-4H3/b11-10-/t23-/m0/s1. The summed E-state index contributed by atoms with van der Waals surface area (Å²) >= 11 is 0. The van der Waals surface area contributed by atoms with Gasteiger partial charge in [0.25, 0.3) is 7.82 Å². The Morgan fingerprint density at radius 2 is 1.55 bits per heavy atom. The van der Waals surface area contributed by atoms with Crippen LogP contribution < -0.4 is 4.89 Å². The molecule has 0 aromatic carbocycles. The van der Waals surface area contributed by atoms with E-state index in [1.807, 2.05) is 21.1 Å². The maximum atomic E-state index is 11.9. The van der Waals surface area contributed by atoms with E-state index in [1.54, 1.807) is 0 Å². The lowest BCUT2D eigenvalue weighted by molar-refractivity contribution is -0.870. The number of allylic oxidation sites excluding steroid dienone is 2. The predicted molar refractivity (Wildman–Crippen MR) is 130 cm³/mol. The molecule has 0 rings (SSSR count). The summed E-state index contributed by atoms with van der Waals surface area (Å²) in [6, 6.07) is 0. The summed E-state index contributed by atoms with van der Waals surface area (Å²) in [7, 11) is 1.23. The average molecular weight is 494 g/mol. The van der Waals surface area contributed by atoms with E-state index in [0.717, 1.165) is 32.1 Å². The average Bonchev–Trinajstić information content (AvgIpc) is 2.73. The highest BCUT2D eigenvalue weighted by molar-refractivity contribution is 7.45. The molecule has 0 aromatic rings. The van der Waals surface area contributed by atoms with Crippen molar-refractivity contribution in [2.45, 2.75) is 90.1 Å². The van der Waals surface area contributed by atoms with Crippen LogP contribution >= 0.6 is 7.82 Å². The molecule has 0 aromatic heterocycles. The van der Waals surface area contributed by atoms with Crippen molar-refractivity contribution in [1.82, 2.24) is 0 Å². The molecule has 0 aliphatic heterocycles. The molecule has 0 fully saturated rings. The number of unbranched alkanes of at least 4 members (excludes halogenated alkanes) is 9. The zero-order valence-corrected chi connectivity index (χ0v) is 22.2. The number of carbonyl (C=O) groups excluding carboxylic acids is 1. The molecule has 8 nitrogen and oxygen atoms in total. The summed E-state index contributed by atoms with van der Waals surface area (Å²) in [5.41, 5.74) is 0. The first-order chi connectivity index (χ1) is 15.6. The van der Waals surface area contributed by atoms with Crippen LogP contribution in [-0.2, 0) is 23.1 Å². The molecule has 9 heteroatoms. The van der Waals surface area contributed by atoms with Crippen molar-refractivity contribution in [3.05, 3.63) is 12.2 Å². The number of ether oxygens (including phenoxy) is 1. The molecule has 0 saturated carbocycles. The second-order valence-electron chi connectivity index (χ2n) is 9.51. The second-order valence-corrected chi connectivity index (χ2v) is 10.9. The molecule has 196 valence electrons. The fourth-order valence-electron chi connectivity index (χ4n) is 2.99. The Morgan fingerprint density at radius 3 is 2.12 bits per heavy atom. The number of esters is 1. The van der Waals surface area contributed by atoms with Crippen molar-refractivity contribution in [2.75, 3.05) is 47.5 Å². The maximum Gasteiger partial charge on any atom is 0.306 e. The number of hydrogen-bond acceptors (Lipinski definition) is 7. The third kappa shape index (κ3) is 22.8. The summed E-state index contributed by atoms with van der Waals surface area (Å²) in [5.74, 6) is -0.463. The van der Waals surface area contributed by atoms with E-state index < -0.39 is 33.1 Å². The Balaban J connectivity index is 3.81. The number of carbonyl (C=O) groups is 1. The number of phosphoric acid groups is 1. The van der Waals surface area contributed by atoms with Crippen molar-refractivity contribution in [1.29, 1.82) is 0 Å². The fourth-order valence-corrected chi connectivity index (χ4v) is 3.72. The molecule has 1 N–H and O–H groups in total. The van der Waals surface area contributed by atoms with E-state index in [0.29, 0.717) is 17.4 Å². The van der Waals surface area contributed by atoms with Crippen LogP contribution in [0.1, 0.15) is 84.0 Å². The number of likely N-dealkylation sites (N-methyl/N-ethyl adjacent to an activating group) is 1. The van der Waals surface area contributed by atoms with Gasteiger partial charge in [-0.15, -0.1) is 0 Å². The summed E-state index contributed by atoms with van der Waals surface area (Å²) in [5, 5.41) is 9.34. The van der Waals surface area contributed by atoms with Crippen LogP contribution in [0.3, 0.4) is 0 Å². The Bertz CT molecular complexity index is 564. The largest absolute Gasteiger partial charge is 0.756 e. The fraction of sp³-hybridized carbons (Fsp3) is 0.875. The second kappa shape index (κ2) is 19.5. The molecule has 1 unspecified atom stereocenters. The van der Waals surface area contributed by atoms with Crippen LogP contribution in [0.15, 0.2) is 12.2 Å². The van der Waals surface area contributed by atoms with E-state index in [-0.39, 0.29) is 13.0 Å². The Hall–Kier alpha value is -0.760. The van der Waals surface area contributed by atoms with Gasteiger partial charge in [0, 0.05) is 6.42 Å². The molecule has 0 aliphatic carbocycles. The summed E-state index contributed by atoms with van der Waals surface area (Å²) in [6.07, 6.45) is 16.3. The number of phosphoric ester groups is 1. The van der Waals surface area contributed by atoms with Gasteiger partial charge in [-0.3, -0.25) is 9.36 Å². The highest BCUT2D eigenvalue weighted by Gasteiger charge is 2.19.